The summed E-state index contributed by atoms with van der Waals surface area (Å²) >= 11 is 0. The van der Waals surface area contributed by atoms with E-state index in [4.69, 9.17) is 10.5 Å². The average molecular weight is 370 g/mol. The van der Waals surface area contributed by atoms with Crippen LogP contribution < -0.4 is 10.5 Å². The highest BCUT2D eigenvalue weighted by Gasteiger charge is 2.24. The van der Waals surface area contributed by atoms with E-state index in [0.717, 1.165) is 11.3 Å². The van der Waals surface area contributed by atoms with Gasteiger partial charge in [0.2, 0.25) is 11.8 Å². The topological polar surface area (TPSA) is 75.9 Å². The first-order chi connectivity index (χ1) is 11.5. The van der Waals surface area contributed by atoms with Gasteiger partial charge >= 0.3 is 0 Å². The van der Waals surface area contributed by atoms with E-state index in [1.54, 1.807) is 12.0 Å². The average Bonchev–Trinajstić information content (AvgIpc) is 2.59. The molecule has 1 fully saturated rings. The number of ether oxygens (including phenoxy) is 1. The zero-order valence-corrected chi connectivity index (χ0v) is 15.8. The van der Waals surface area contributed by atoms with Gasteiger partial charge in [-0.2, -0.15) is 0 Å². The summed E-state index contributed by atoms with van der Waals surface area (Å²) in [4.78, 5) is 28.0. The molecule has 0 spiro atoms. The first-order valence-corrected chi connectivity index (χ1v) is 8.43. The number of hydrogen-bond acceptors (Lipinski definition) is 4. The monoisotopic (exact) mass is 369 g/mol. The fraction of sp³-hybridized carbons (Fsp3) is 0.556. The van der Waals surface area contributed by atoms with E-state index in [9.17, 15) is 9.59 Å². The summed E-state index contributed by atoms with van der Waals surface area (Å²) in [6.07, 6.45) is 1.57. The van der Waals surface area contributed by atoms with Gasteiger partial charge in [0.05, 0.1) is 7.11 Å². The second kappa shape index (κ2) is 10.3. The molecule has 6 nitrogen and oxygen atoms in total. The van der Waals surface area contributed by atoms with Crippen molar-refractivity contribution in [1.29, 1.82) is 0 Å². The molecule has 2 amide bonds. The number of carbonyl (C=O) groups is 2. The van der Waals surface area contributed by atoms with Crippen molar-refractivity contribution in [2.45, 2.75) is 32.2 Å². The molecule has 1 saturated heterocycles. The van der Waals surface area contributed by atoms with Gasteiger partial charge in [0.1, 0.15) is 5.75 Å². The fourth-order valence-corrected chi connectivity index (χ4v) is 2.81. The third-order valence-corrected chi connectivity index (χ3v) is 4.27. The van der Waals surface area contributed by atoms with Crippen LogP contribution in [-0.2, 0) is 16.0 Å². The highest BCUT2D eigenvalue weighted by atomic mass is 35.5. The molecular formula is C18H28ClN3O3. The predicted octanol–water partition coefficient (Wildman–Crippen LogP) is 1.46. The number of amides is 2. The summed E-state index contributed by atoms with van der Waals surface area (Å²) in [5, 5.41) is 0. The lowest BCUT2D eigenvalue weighted by Crippen LogP contribution is -2.51. The van der Waals surface area contributed by atoms with Gasteiger partial charge in [0, 0.05) is 45.1 Å². The maximum Gasteiger partial charge on any atom is 0.224 e. The zero-order valence-electron chi connectivity index (χ0n) is 14.9. The van der Waals surface area contributed by atoms with E-state index in [1.807, 2.05) is 36.1 Å². The number of piperazine rings is 1. The van der Waals surface area contributed by atoms with Crippen molar-refractivity contribution >= 4 is 24.2 Å². The number of aryl methyl sites for hydroxylation is 1. The standard InChI is InChI=1S/C18H27N3O3.ClH/c1-14(19)13-18(23)21-11-9-20(10-12-21)17(22)8-5-15-3-6-16(24-2)7-4-15;/h3-4,6-7,14H,5,8-13,19H2,1-2H3;1H. The molecule has 0 bridgehead atoms. The first kappa shape index (κ1) is 21.3. The molecule has 1 aromatic rings. The molecule has 1 unspecified atom stereocenters. The van der Waals surface area contributed by atoms with Crippen molar-refractivity contribution in [2.24, 2.45) is 5.73 Å². The van der Waals surface area contributed by atoms with Crippen LogP contribution in [0, 0.1) is 0 Å². The highest BCUT2D eigenvalue weighted by molar-refractivity contribution is 5.85. The molecule has 0 radical (unpaired) electrons. The van der Waals surface area contributed by atoms with Crippen molar-refractivity contribution in [3.63, 3.8) is 0 Å². The first-order valence-electron chi connectivity index (χ1n) is 8.43. The lowest BCUT2D eigenvalue weighted by Gasteiger charge is -2.35. The molecule has 0 saturated carbocycles. The van der Waals surface area contributed by atoms with Gasteiger partial charge in [0.25, 0.3) is 0 Å². The van der Waals surface area contributed by atoms with Gasteiger partial charge in [0.15, 0.2) is 0 Å². The molecule has 25 heavy (non-hydrogen) atoms. The Labute approximate surface area is 155 Å². The molecule has 1 atom stereocenters. The summed E-state index contributed by atoms with van der Waals surface area (Å²) < 4.78 is 5.13. The molecule has 1 aromatic carbocycles. The van der Waals surface area contributed by atoms with Crippen molar-refractivity contribution < 1.29 is 14.3 Å². The number of halogens is 1. The fourth-order valence-electron chi connectivity index (χ4n) is 2.81. The van der Waals surface area contributed by atoms with E-state index in [0.29, 0.717) is 45.4 Å². The number of carbonyl (C=O) groups excluding carboxylic acids is 2. The number of hydrogen-bond donors (Lipinski definition) is 1. The van der Waals surface area contributed by atoms with Gasteiger partial charge in [-0.3, -0.25) is 9.59 Å². The second-order valence-corrected chi connectivity index (χ2v) is 6.29. The van der Waals surface area contributed by atoms with Crippen molar-refractivity contribution in [2.75, 3.05) is 33.3 Å². The lowest BCUT2D eigenvalue weighted by molar-refractivity contribution is -0.139. The second-order valence-electron chi connectivity index (χ2n) is 6.29. The van der Waals surface area contributed by atoms with Crippen LogP contribution in [0.25, 0.3) is 0 Å². The largest absolute Gasteiger partial charge is 0.497 e. The van der Waals surface area contributed by atoms with E-state index < -0.39 is 0 Å². The smallest absolute Gasteiger partial charge is 0.224 e. The maximum atomic E-state index is 12.3. The Morgan fingerprint density at radius 2 is 1.60 bits per heavy atom. The van der Waals surface area contributed by atoms with Crippen LogP contribution in [0.1, 0.15) is 25.3 Å². The number of nitrogens with zero attached hydrogens (tertiary/aromatic N) is 2. The van der Waals surface area contributed by atoms with Crippen LogP contribution in [0.3, 0.4) is 0 Å². The molecule has 1 heterocycles. The van der Waals surface area contributed by atoms with E-state index in [-0.39, 0.29) is 30.3 Å². The molecule has 2 rings (SSSR count). The summed E-state index contributed by atoms with van der Waals surface area (Å²) in [6, 6.07) is 7.65. The summed E-state index contributed by atoms with van der Waals surface area (Å²) in [7, 11) is 1.64. The molecule has 0 aliphatic carbocycles. The van der Waals surface area contributed by atoms with Crippen LogP contribution >= 0.6 is 12.4 Å². The minimum absolute atomic E-state index is 0. The summed E-state index contributed by atoms with van der Waals surface area (Å²) in [5.41, 5.74) is 6.79. The van der Waals surface area contributed by atoms with E-state index in [2.05, 4.69) is 0 Å². The Morgan fingerprint density at radius 3 is 2.08 bits per heavy atom. The molecule has 140 valence electrons. The van der Waals surface area contributed by atoms with Crippen LogP contribution in [0.4, 0.5) is 0 Å². The molecule has 1 aliphatic heterocycles. The van der Waals surface area contributed by atoms with E-state index in [1.165, 1.54) is 0 Å². The Morgan fingerprint density at radius 1 is 1.08 bits per heavy atom. The van der Waals surface area contributed by atoms with Gasteiger partial charge in [-0.05, 0) is 31.0 Å². The number of benzene rings is 1. The Kier molecular flexibility index (Phi) is 8.72. The Bertz CT molecular complexity index is 555. The normalized spacial score (nSPS) is 15.3. The van der Waals surface area contributed by atoms with Gasteiger partial charge < -0.3 is 20.3 Å². The quantitative estimate of drug-likeness (QED) is 0.823. The maximum absolute atomic E-state index is 12.3. The minimum atomic E-state index is -0.123. The van der Waals surface area contributed by atoms with Gasteiger partial charge in [-0.15, -0.1) is 12.4 Å². The van der Waals surface area contributed by atoms with Crippen molar-refractivity contribution in [1.82, 2.24) is 9.80 Å². The van der Waals surface area contributed by atoms with Crippen LogP contribution in [-0.4, -0.2) is 60.9 Å². The third-order valence-electron chi connectivity index (χ3n) is 4.27. The highest BCUT2D eigenvalue weighted by Crippen LogP contribution is 2.14. The summed E-state index contributed by atoms with van der Waals surface area (Å²) in [5.74, 6) is 1.04. The molecule has 2 N–H and O–H groups in total. The molecular weight excluding hydrogens is 342 g/mol. The minimum Gasteiger partial charge on any atom is -0.497 e. The zero-order chi connectivity index (χ0) is 17.5. The van der Waals surface area contributed by atoms with Crippen LogP contribution in [0.15, 0.2) is 24.3 Å². The number of methoxy groups -OCH3 is 1. The molecule has 0 aromatic heterocycles. The van der Waals surface area contributed by atoms with Gasteiger partial charge in [-0.25, -0.2) is 0 Å². The van der Waals surface area contributed by atoms with Crippen LogP contribution in [0.2, 0.25) is 0 Å². The number of nitrogens with two attached hydrogens (primary N) is 1. The third kappa shape index (κ3) is 6.55. The van der Waals surface area contributed by atoms with E-state index >= 15 is 0 Å². The summed E-state index contributed by atoms with van der Waals surface area (Å²) in [6.45, 7) is 4.23. The Balaban J connectivity index is 0.00000312. The van der Waals surface area contributed by atoms with Gasteiger partial charge in [-0.1, -0.05) is 12.1 Å². The molecule has 1 aliphatic rings. The SMILES string of the molecule is COc1ccc(CCC(=O)N2CCN(C(=O)CC(C)N)CC2)cc1.Cl. The number of rotatable bonds is 6. The lowest BCUT2D eigenvalue weighted by atomic mass is 10.1. The van der Waals surface area contributed by atoms with Crippen molar-refractivity contribution in [3.8, 4) is 5.75 Å². The van der Waals surface area contributed by atoms with Crippen LogP contribution in [0.5, 0.6) is 5.75 Å². The molecule has 7 heteroatoms. The Hall–Kier alpha value is -1.79. The predicted molar refractivity (Wildman–Crippen MR) is 100.0 cm³/mol. The van der Waals surface area contributed by atoms with Crippen molar-refractivity contribution in [3.05, 3.63) is 29.8 Å².